The lowest BCUT2D eigenvalue weighted by Crippen LogP contribution is -2.60. The van der Waals surface area contributed by atoms with Crippen molar-refractivity contribution in [1.29, 1.82) is 0 Å². The van der Waals surface area contributed by atoms with E-state index in [1.165, 1.54) is 39.8 Å². The van der Waals surface area contributed by atoms with Crippen molar-refractivity contribution in [2.75, 3.05) is 26.2 Å². The number of alkyl halides is 1. The topological polar surface area (TPSA) is 412 Å². The van der Waals surface area contributed by atoms with Crippen LogP contribution in [0.3, 0.4) is 0 Å². The summed E-state index contributed by atoms with van der Waals surface area (Å²) in [6.45, 7) is 47.0. The number of hydrogen-bond donors (Lipinski definition) is 8. The average molecular weight is 2070 g/mol. The first-order chi connectivity index (χ1) is 67.9. The quantitative estimate of drug-likeness (QED) is 0.0207. The minimum absolute atomic E-state index is 0.0261. The van der Waals surface area contributed by atoms with Gasteiger partial charge in [-0.25, -0.2) is 24.3 Å². The summed E-state index contributed by atoms with van der Waals surface area (Å²) in [7, 11) is 0. The molecule has 8 heterocycles. The lowest BCUT2D eigenvalue weighted by molar-refractivity contribution is -0.145. The molecule has 4 saturated heterocycles. The van der Waals surface area contributed by atoms with E-state index in [1.54, 1.807) is 96.3 Å². The van der Waals surface area contributed by atoms with Crippen LogP contribution in [-0.4, -0.2) is 235 Å². The first-order valence-electron chi connectivity index (χ1n) is 50.9. The molecule has 0 spiro atoms. The molecule has 1 saturated carbocycles. The second-order valence-electron chi connectivity index (χ2n) is 47.0. The first-order valence-corrected chi connectivity index (χ1v) is 53.5. The van der Waals surface area contributed by atoms with Crippen LogP contribution >= 0.6 is 34.0 Å². The van der Waals surface area contributed by atoms with Crippen molar-refractivity contribution in [3.05, 3.63) is 165 Å². The summed E-state index contributed by atoms with van der Waals surface area (Å²) >= 11 is 4.79. The number of aliphatic hydroxyl groups excluding tert-OH is 4. The molecule has 4 aromatic heterocycles. The highest BCUT2D eigenvalue weighted by Gasteiger charge is 2.51. The second-order valence-corrected chi connectivity index (χ2v) is 49.6. The zero-order valence-corrected chi connectivity index (χ0v) is 92.5. The number of β-amino-alcohol motifs (C(OH)–C–C–N with tert-alkyl or cyclic N) is 4. The molecule has 8 amide bonds. The summed E-state index contributed by atoms with van der Waals surface area (Å²) in [5.41, 5.74) is 11.6. The van der Waals surface area contributed by atoms with Gasteiger partial charge in [0.2, 0.25) is 47.3 Å². The Bertz CT molecular complexity index is 5700. The number of benzene rings is 4. The molecule has 4 aromatic carbocycles. The number of aliphatic hydroxyl groups is 4. The summed E-state index contributed by atoms with van der Waals surface area (Å²) in [6, 6.07) is 25.5. The van der Waals surface area contributed by atoms with E-state index >= 15 is 4.39 Å². The van der Waals surface area contributed by atoms with Crippen LogP contribution in [0.4, 0.5) is 4.39 Å². The third-order valence-electron chi connectivity index (χ3n) is 27.9. The lowest BCUT2D eigenvalue weighted by Gasteiger charge is -2.38. The number of Topliss-reactive ketones (excluding diaryl/α,β-unsaturated/α-hetero) is 4. The number of aromatic nitrogens is 4. The molecule has 14 atom stereocenters. The highest BCUT2D eigenvalue weighted by molar-refractivity contribution is 7.14. The average Bonchev–Trinajstić information content (AvgIpc) is 1.65. The molecule has 0 radical (unpaired) electrons. The number of nitrogens with one attached hydrogen (secondary N) is 4. The minimum atomic E-state index is -2.06. The second kappa shape index (κ2) is 48.7. The molecule has 4 aliphatic heterocycles. The minimum Gasteiger partial charge on any atom is -0.443 e. The molecule has 146 heavy (non-hydrogen) atoms. The number of ketones is 4. The smallest absolute Gasteiger partial charge is 0.249 e. The molecule has 794 valence electrons. The molecular weight excluding hydrogens is 1910 g/mol. The van der Waals surface area contributed by atoms with E-state index in [1.807, 2.05) is 205 Å². The van der Waals surface area contributed by atoms with Gasteiger partial charge in [-0.3, -0.25) is 57.5 Å². The van der Waals surface area contributed by atoms with Gasteiger partial charge in [0.05, 0.1) is 103 Å². The van der Waals surface area contributed by atoms with E-state index in [0.717, 1.165) is 107 Å². The first kappa shape index (κ1) is 117. The van der Waals surface area contributed by atoms with Crippen molar-refractivity contribution < 1.29 is 86.8 Å². The fourth-order valence-electron chi connectivity index (χ4n) is 18.4. The number of amides is 8. The van der Waals surface area contributed by atoms with E-state index in [9.17, 15) is 78.0 Å². The van der Waals surface area contributed by atoms with Crippen LogP contribution in [0.1, 0.15) is 280 Å². The number of hydrogen-bond acceptors (Lipinski definition) is 24. The van der Waals surface area contributed by atoms with Gasteiger partial charge < -0.3 is 65.7 Å². The molecule has 8 N–H and O–H groups in total. The number of oxazole rings is 1. The molecule has 13 rings (SSSR count). The van der Waals surface area contributed by atoms with Crippen molar-refractivity contribution in [3.63, 3.8) is 0 Å². The summed E-state index contributed by atoms with van der Waals surface area (Å²) in [4.78, 5) is 184. The molecule has 8 aromatic rings. The predicted molar refractivity (Wildman–Crippen MR) is 568 cm³/mol. The van der Waals surface area contributed by atoms with Crippen molar-refractivity contribution in [3.8, 4) is 42.6 Å². The van der Waals surface area contributed by atoms with Crippen LogP contribution in [0.25, 0.3) is 42.6 Å². The van der Waals surface area contributed by atoms with Gasteiger partial charge in [-0.1, -0.05) is 242 Å². The fraction of sp³-hybridized carbons (Fsp3) is 0.575. The largest absolute Gasteiger partial charge is 0.443 e. The normalized spacial score (nSPS) is 20.1. The van der Waals surface area contributed by atoms with E-state index in [-0.39, 0.29) is 154 Å². The molecule has 0 bridgehead atoms. The number of rotatable bonds is 30. The number of thiazole rings is 3. The third-order valence-corrected chi connectivity index (χ3v) is 30.8. The SMILES string of the molecule is Cc1ncoc1-c1ccc(C(C)CC(=O)C2CC(O)CN2C(=O)C(NC(=O)C(C)(C)C)C(C)(C)C)cc1.Cc1ncsc1-c1ccc(C(C)CC(=O)C2CC(O)CN2C(=O)C(NC(=O)C(C)(C)C)C2CCC2)cc1.Cc1ncsc1-c1ccc(CCC(=O)C2CC(O)CN2C(=O)C(NC(=O)C(C)(C)C)C(C)(C)C)cc1.Cc1ncsc1-c1ccc(CCC(=O)C2CC(O)CN2C(=O)C(NC(=O)C(C)(C)C)C(C)(C)F)cc1. The molecule has 5 fully saturated rings. The number of carbonyl (C=O) groups is 12. The zero-order valence-electron chi connectivity index (χ0n) is 90.0. The van der Waals surface area contributed by atoms with E-state index < -0.39 is 123 Å². The Morgan fingerprint density at radius 2 is 0.671 bits per heavy atom. The Balaban J connectivity index is 0.000000199. The van der Waals surface area contributed by atoms with Crippen LogP contribution in [-0.2, 0) is 70.4 Å². The Morgan fingerprint density at radius 3 is 0.945 bits per heavy atom. The van der Waals surface area contributed by atoms with Gasteiger partial charge in [0, 0.05) is 105 Å². The predicted octanol–water partition coefficient (Wildman–Crippen LogP) is 16.7. The van der Waals surface area contributed by atoms with Gasteiger partial charge in [0.15, 0.2) is 35.3 Å². The van der Waals surface area contributed by atoms with Gasteiger partial charge in [-0.2, -0.15) is 0 Å². The van der Waals surface area contributed by atoms with E-state index in [2.05, 4.69) is 53.3 Å². The maximum atomic E-state index is 15.0. The standard InChI is InChI=1S/C29H41N3O5.C29H39N3O4S.C28H39N3O4S.C27H36FN3O4S/c1-17(19-9-11-20(12-10-19)24-18(2)30-16-37-24)13-23(34)22-14-21(33)15-32(22)26(35)25(28(3,4)5)31-27(36)29(6,7)8;1-17(19-9-11-21(12-10-19)26-18(2)30-16-37-26)13-24(34)23-14-22(33)15-32(23)27(35)25(20-7-6-8-20)31-28(36)29(3,4)5;1-17-23(36-16-29-17)19-11-8-18(9-12-19)10-13-22(33)21-14-20(32)15-31(21)25(34)24(27(2,3)4)30-26(35)28(5,6)7;1-16-22(36-15-29-16)18-10-7-17(8-11-18)9-12-21(33)20-13-19(32)14-31(20)24(34)23(27(5,6)28)30-25(35)26(2,3)4/h9-12,16-17,21-22,25,33H,13-15H2,1-8H3,(H,31,36);9-12,16-17,20,22-23,25,33H,6-8,13-15H2,1-5H3,(H,31,36);8-9,11-12,16,20-21,24,32H,10,13-15H2,1-7H3,(H,30,35);7-8,10-11,15,19-20,23,32H,9,12-14H2,1-6H3,(H,30,35). The summed E-state index contributed by atoms with van der Waals surface area (Å²) in [5.74, 6) is -2.41. The number of carbonyl (C=O) groups excluding carboxylic acids is 12. The van der Waals surface area contributed by atoms with Gasteiger partial charge >= 0.3 is 0 Å². The number of halogens is 1. The van der Waals surface area contributed by atoms with Crippen molar-refractivity contribution >= 4 is 104 Å². The van der Waals surface area contributed by atoms with Gasteiger partial charge in [0.1, 0.15) is 29.8 Å². The number of aryl methyl sites for hydroxylation is 6. The Labute approximate surface area is 872 Å². The van der Waals surface area contributed by atoms with Crippen LogP contribution in [0.5, 0.6) is 0 Å². The van der Waals surface area contributed by atoms with Crippen LogP contribution in [0, 0.1) is 66.1 Å². The molecule has 14 unspecified atom stereocenters. The van der Waals surface area contributed by atoms with Gasteiger partial charge in [-0.05, 0) is 135 Å². The number of likely N-dealkylation sites (tertiary alicyclic amines) is 4. The maximum Gasteiger partial charge on any atom is 0.249 e. The Morgan fingerprint density at radius 1 is 0.384 bits per heavy atom. The molecule has 1 aliphatic carbocycles. The monoisotopic (exact) mass is 2070 g/mol. The van der Waals surface area contributed by atoms with Crippen molar-refractivity contribution in [1.82, 2.24) is 60.8 Å². The highest BCUT2D eigenvalue weighted by atomic mass is 32.1. The van der Waals surface area contributed by atoms with E-state index in [0.29, 0.717) is 12.8 Å². The lowest BCUT2D eigenvalue weighted by atomic mass is 9.78. The van der Waals surface area contributed by atoms with Gasteiger partial charge in [0.25, 0.3) is 0 Å². The molecule has 29 nitrogen and oxygen atoms in total. The Kier molecular flexibility index (Phi) is 39.0. The molecule has 33 heteroatoms. The fourth-order valence-corrected chi connectivity index (χ4v) is 20.8. The molecule has 5 aliphatic rings. The Hall–Kier alpha value is -10.8. The zero-order chi connectivity index (χ0) is 108. The summed E-state index contributed by atoms with van der Waals surface area (Å²) in [6.07, 6.45) is 3.80. The van der Waals surface area contributed by atoms with Crippen molar-refractivity contribution in [2.24, 2.45) is 38.4 Å². The number of nitrogens with zero attached hydrogens (tertiary/aromatic N) is 8. The van der Waals surface area contributed by atoms with Crippen LogP contribution in [0.15, 0.2) is 124 Å². The third kappa shape index (κ3) is 30.7. The van der Waals surface area contributed by atoms with Crippen LogP contribution in [0.2, 0.25) is 0 Å². The van der Waals surface area contributed by atoms with E-state index in [4.69, 9.17) is 4.42 Å². The van der Waals surface area contributed by atoms with Gasteiger partial charge in [-0.15, -0.1) is 34.0 Å². The summed E-state index contributed by atoms with van der Waals surface area (Å²) < 4.78 is 20.5. The van der Waals surface area contributed by atoms with Crippen molar-refractivity contribution in [2.45, 2.75) is 354 Å². The highest BCUT2D eigenvalue weighted by Crippen LogP contribution is 2.40. The van der Waals surface area contributed by atoms with Crippen LogP contribution < -0.4 is 21.3 Å². The summed E-state index contributed by atoms with van der Waals surface area (Å²) in [5, 5.41) is 52.7. The maximum absolute atomic E-state index is 15.0. The molecular formula is C113H155FN12O17S3.